The fourth-order valence-electron chi connectivity index (χ4n) is 3.19. The van der Waals surface area contributed by atoms with Crippen LogP contribution < -0.4 is 19.5 Å². The summed E-state index contributed by atoms with van der Waals surface area (Å²) in [5.41, 5.74) is -1.90. The molecule has 1 amide bonds. The number of para-hydroxylation sites is 1. The van der Waals surface area contributed by atoms with Crippen LogP contribution in [0.2, 0.25) is 0 Å². The number of halogens is 4. The molecule has 178 valence electrons. The maximum Gasteiger partial charge on any atom is 0.418 e. The molecule has 0 saturated heterocycles. The highest BCUT2D eigenvalue weighted by Crippen LogP contribution is 2.35. The first kappa shape index (κ1) is 23.5. The Bertz CT molecular complexity index is 1360. The molecule has 1 aliphatic heterocycles. The van der Waals surface area contributed by atoms with Gasteiger partial charge in [-0.05, 0) is 48.0 Å². The molecule has 0 bridgehead atoms. The van der Waals surface area contributed by atoms with Crippen LogP contribution in [0.15, 0.2) is 65.6 Å². The van der Waals surface area contributed by atoms with Gasteiger partial charge in [-0.3, -0.25) is 4.79 Å². The van der Waals surface area contributed by atoms with Gasteiger partial charge in [0.2, 0.25) is 16.8 Å². The number of anilines is 1. The van der Waals surface area contributed by atoms with Gasteiger partial charge in [-0.25, -0.2) is 17.5 Å². The molecule has 0 fully saturated rings. The maximum atomic E-state index is 14.3. The van der Waals surface area contributed by atoms with E-state index < -0.39 is 49.6 Å². The van der Waals surface area contributed by atoms with Gasteiger partial charge in [0.15, 0.2) is 11.5 Å². The van der Waals surface area contributed by atoms with Gasteiger partial charge in [0.25, 0.3) is 5.91 Å². The lowest BCUT2D eigenvalue weighted by molar-refractivity contribution is -0.136. The van der Waals surface area contributed by atoms with Gasteiger partial charge in [0, 0.05) is 6.54 Å². The molecular weight excluding hydrogens is 480 g/mol. The third kappa shape index (κ3) is 4.97. The first-order valence-electron chi connectivity index (χ1n) is 9.70. The Morgan fingerprint density at radius 2 is 1.71 bits per heavy atom. The summed E-state index contributed by atoms with van der Waals surface area (Å²) in [6, 6.07) is 11.4. The zero-order chi connectivity index (χ0) is 24.5. The Kier molecular flexibility index (Phi) is 6.19. The zero-order valence-corrected chi connectivity index (χ0v) is 18.0. The van der Waals surface area contributed by atoms with E-state index >= 15 is 0 Å². The van der Waals surface area contributed by atoms with Gasteiger partial charge < -0.3 is 14.8 Å². The Balaban J connectivity index is 1.54. The van der Waals surface area contributed by atoms with Crippen LogP contribution in [0.5, 0.6) is 11.5 Å². The van der Waals surface area contributed by atoms with Crippen molar-refractivity contribution in [3.05, 3.63) is 83.2 Å². The highest BCUT2D eigenvalue weighted by molar-refractivity contribution is 7.89. The van der Waals surface area contributed by atoms with Crippen LogP contribution >= 0.6 is 0 Å². The quantitative estimate of drug-likeness (QED) is 0.497. The lowest BCUT2D eigenvalue weighted by atomic mass is 10.1. The lowest BCUT2D eigenvalue weighted by Gasteiger charge is -2.14. The van der Waals surface area contributed by atoms with Crippen LogP contribution in [0, 0.1) is 5.82 Å². The first-order valence-corrected chi connectivity index (χ1v) is 11.2. The van der Waals surface area contributed by atoms with Crippen LogP contribution in [0.25, 0.3) is 0 Å². The first-order chi connectivity index (χ1) is 16.0. The number of sulfonamides is 1. The van der Waals surface area contributed by atoms with E-state index in [0.29, 0.717) is 17.1 Å². The molecule has 1 heterocycles. The van der Waals surface area contributed by atoms with E-state index in [4.69, 9.17) is 9.47 Å². The Hall–Kier alpha value is -3.64. The van der Waals surface area contributed by atoms with Crippen LogP contribution in [-0.2, 0) is 22.7 Å². The van der Waals surface area contributed by atoms with Crippen molar-refractivity contribution in [1.82, 2.24) is 4.72 Å². The third-order valence-corrected chi connectivity index (χ3v) is 6.28. The molecule has 0 radical (unpaired) electrons. The number of hydrogen-bond acceptors (Lipinski definition) is 5. The summed E-state index contributed by atoms with van der Waals surface area (Å²) < 4.78 is 92.0. The largest absolute Gasteiger partial charge is 0.454 e. The van der Waals surface area contributed by atoms with Crippen LogP contribution in [0.4, 0.5) is 23.2 Å². The highest BCUT2D eigenvalue weighted by Gasteiger charge is 2.34. The second kappa shape index (κ2) is 8.95. The SMILES string of the molecule is O=C(Nc1ccccc1C(F)(F)F)c1cc(S(=O)(=O)NCc2ccc3c(c2)OCO3)ccc1F. The average Bonchev–Trinajstić information content (AvgIpc) is 3.25. The minimum Gasteiger partial charge on any atom is -0.454 e. The van der Waals surface area contributed by atoms with Crippen molar-refractivity contribution in [2.24, 2.45) is 0 Å². The minimum atomic E-state index is -4.76. The summed E-state index contributed by atoms with van der Waals surface area (Å²) in [6.45, 7) is -0.0881. The Labute approximate surface area is 191 Å². The number of hydrogen-bond donors (Lipinski definition) is 2. The normalized spacial score (nSPS) is 13.1. The molecule has 0 aliphatic carbocycles. The molecule has 0 spiro atoms. The van der Waals surface area contributed by atoms with E-state index in [1.165, 1.54) is 6.07 Å². The second-order valence-electron chi connectivity index (χ2n) is 7.15. The van der Waals surface area contributed by atoms with Gasteiger partial charge in [-0.2, -0.15) is 13.2 Å². The molecular formula is C22H16F4N2O5S. The molecule has 0 saturated carbocycles. The van der Waals surface area contributed by atoms with E-state index in [2.05, 4.69) is 4.72 Å². The average molecular weight is 496 g/mol. The van der Waals surface area contributed by atoms with Crippen molar-refractivity contribution < 1.29 is 40.2 Å². The molecule has 34 heavy (non-hydrogen) atoms. The highest BCUT2D eigenvalue weighted by atomic mass is 32.2. The van der Waals surface area contributed by atoms with Gasteiger partial charge in [-0.15, -0.1) is 0 Å². The number of carbonyl (C=O) groups is 1. The van der Waals surface area contributed by atoms with Gasteiger partial charge in [0.05, 0.1) is 21.7 Å². The number of nitrogens with one attached hydrogen (secondary N) is 2. The molecule has 3 aromatic rings. The van der Waals surface area contributed by atoms with Crippen molar-refractivity contribution in [2.45, 2.75) is 17.6 Å². The van der Waals surface area contributed by atoms with E-state index in [1.807, 2.05) is 5.32 Å². The van der Waals surface area contributed by atoms with Crippen LogP contribution in [0.1, 0.15) is 21.5 Å². The summed E-state index contributed by atoms with van der Waals surface area (Å²) in [5, 5.41) is 1.99. The monoisotopic (exact) mass is 496 g/mol. The zero-order valence-electron chi connectivity index (χ0n) is 17.1. The summed E-state index contributed by atoms with van der Waals surface area (Å²) in [7, 11) is -4.20. The minimum absolute atomic E-state index is 0.0539. The second-order valence-corrected chi connectivity index (χ2v) is 8.92. The van der Waals surface area contributed by atoms with Crippen LogP contribution in [-0.4, -0.2) is 21.1 Å². The number of rotatable bonds is 6. The molecule has 0 aromatic heterocycles. The molecule has 2 N–H and O–H groups in total. The van der Waals surface area contributed by atoms with Gasteiger partial charge >= 0.3 is 6.18 Å². The molecule has 4 rings (SSSR count). The summed E-state index contributed by atoms with van der Waals surface area (Å²) in [5.74, 6) is -1.36. The van der Waals surface area contributed by atoms with Crippen molar-refractivity contribution in [3.8, 4) is 11.5 Å². The molecule has 3 aromatic carbocycles. The number of carbonyl (C=O) groups excluding carboxylic acids is 1. The summed E-state index contributed by atoms with van der Waals surface area (Å²) in [4.78, 5) is 12.1. The van der Waals surface area contributed by atoms with E-state index in [1.54, 1.807) is 18.2 Å². The molecule has 1 aliphatic rings. The molecule has 0 unspecified atom stereocenters. The van der Waals surface area contributed by atoms with Crippen molar-refractivity contribution in [1.29, 1.82) is 0 Å². The lowest BCUT2D eigenvalue weighted by Crippen LogP contribution is -2.24. The molecule has 0 atom stereocenters. The number of alkyl halides is 3. The van der Waals surface area contributed by atoms with E-state index in [-0.39, 0.29) is 13.3 Å². The summed E-state index contributed by atoms with van der Waals surface area (Å²) >= 11 is 0. The molecule has 12 heteroatoms. The number of amides is 1. The van der Waals surface area contributed by atoms with Crippen molar-refractivity contribution in [3.63, 3.8) is 0 Å². The Morgan fingerprint density at radius 3 is 2.47 bits per heavy atom. The fourth-order valence-corrected chi connectivity index (χ4v) is 4.23. The predicted molar refractivity (Wildman–Crippen MR) is 112 cm³/mol. The third-order valence-electron chi connectivity index (χ3n) is 4.88. The predicted octanol–water partition coefficient (Wildman–Crippen LogP) is 4.30. The standard InChI is InChI=1S/C22H16F4N2O5S/c23-17-7-6-14(34(30,31)27-11-13-5-8-19-20(9-13)33-12-32-19)10-15(17)21(29)28-18-4-2-1-3-16(18)22(24,25)26/h1-10,27H,11-12H2,(H,28,29). The van der Waals surface area contributed by atoms with E-state index in [0.717, 1.165) is 36.4 Å². The number of ether oxygens (including phenoxy) is 2. The van der Waals surface area contributed by atoms with Crippen LogP contribution in [0.3, 0.4) is 0 Å². The topological polar surface area (TPSA) is 93.7 Å². The Morgan fingerprint density at radius 1 is 0.971 bits per heavy atom. The maximum absolute atomic E-state index is 14.3. The van der Waals surface area contributed by atoms with Gasteiger partial charge in [-0.1, -0.05) is 18.2 Å². The fraction of sp³-hybridized carbons (Fsp3) is 0.136. The number of benzene rings is 3. The molecule has 7 nitrogen and oxygen atoms in total. The van der Waals surface area contributed by atoms with Crippen molar-refractivity contribution >= 4 is 21.6 Å². The van der Waals surface area contributed by atoms with E-state index in [9.17, 15) is 30.8 Å². The smallest absolute Gasteiger partial charge is 0.418 e. The number of fused-ring (bicyclic) bond motifs is 1. The van der Waals surface area contributed by atoms with Crippen molar-refractivity contribution in [2.75, 3.05) is 12.1 Å². The van der Waals surface area contributed by atoms with Gasteiger partial charge in [0.1, 0.15) is 5.82 Å². The summed E-state index contributed by atoms with van der Waals surface area (Å²) in [6.07, 6.45) is -4.76.